The predicted molar refractivity (Wildman–Crippen MR) is 220 cm³/mol. The molecule has 17 heteroatoms. The lowest BCUT2D eigenvalue weighted by Gasteiger charge is -2.29. The van der Waals surface area contributed by atoms with Crippen molar-refractivity contribution in [2.75, 3.05) is 26.2 Å². The zero-order chi connectivity index (χ0) is 41.3. The standard InChI is InChI=1S/C41H53N11O6/c42-39(43)46-22-11-20-32(50-41(57)58-25-31-29-17-6-4-15-27(29)28-16-5-7-18-30(28)31)36(54)45-21-9-8-19-33-37(55)49-34(38(56)48-33)24-35(53)51-40(44)52-47-23-10-14-26-12-2-1-3-13-26/h1-7,12-13,15-18,31-34,47H,8-11,14,19-25H2,(H,45,54)(H,48,56)(H,49,55)(H,50,57)(H4,42,43,46)(H3,44,51,52,53)/t32?,33-,34-/m0/s1. The van der Waals surface area contributed by atoms with Gasteiger partial charge in [0.25, 0.3) is 0 Å². The Morgan fingerprint density at radius 1 is 0.776 bits per heavy atom. The van der Waals surface area contributed by atoms with Crippen molar-refractivity contribution in [3.05, 3.63) is 95.6 Å². The second kappa shape index (κ2) is 21.6. The molecule has 3 aromatic rings. The van der Waals surface area contributed by atoms with Gasteiger partial charge in [0.1, 0.15) is 24.7 Å². The summed E-state index contributed by atoms with van der Waals surface area (Å²) < 4.78 is 5.67. The molecule has 0 bridgehead atoms. The van der Waals surface area contributed by atoms with Crippen LogP contribution in [0, 0.1) is 0 Å². The van der Waals surface area contributed by atoms with Crippen molar-refractivity contribution < 1.29 is 28.7 Å². The zero-order valence-corrected chi connectivity index (χ0v) is 32.4. The van der Waals surface area contributed by atoms with Crippen molar-refractivity contribution in [3.63, 3.8) is 0 Å². The summed E-state index contributed by atoms with van der Waals surface area (Å²) in [5, 5.41) is 17.2. The highest BCUT2D eigenvalue weighted by Gasteiger charge is 2.35. The van der Waals surface area contributed by atoms with Crippen LogP contribution in [-0.2, 0) is 30.3 Å². The summed E-state index contributed by atoms with van der Waals surface area (Å²) in [5.74, 6) is -2.26. The molecule has 3 atom stereocenters. The number of rotatable bonds is 20. The number of benzene rings is 3. The number of amides is 5. The molecule has 17 nitrogen and oxygen atoms in total. The Kier molecular flexibility index (Phi) is 15.8. The number of guanidine groups is 2. The molecule has 5 rings (SSSR count). The second-order valence-electron chi connectivity index (χ2n) is 14.1. The van der Waals surface area contributed by atoms with Gasteiger partial charge in [-0.25, -0.2) is 4.79 Å². The summed E-state index contributed by atoms with van der Waals surface area (Å²) in [5.41, 5.74) is 25.0. The highest BCUT2D eigenvalue weighted by Crippen LogP contribution is 2.44. The molecule has 1 fully saturated rings. The van der Waals surface area contributed by atoms with Crippen LogP contribution < -0.4 is 49.2 Å². The molecule has 5 amide bonds. The number of nitrogens with two attached hydrogens (primary N) is 3. The maximum absolute atomic E-state index is 13.2. The van der Waals surface area contributed by atoms with E-state index in [0.29, 0.717) is 32.2 Å². The summed E-state index contributed by atoms with van der Waals surface area (Å²) in [6.45, 7) is 1.17. The number of fused-ring (bicyclic) bond motifs is 3. The average Bonchev–Trinajstić information content (AvgIpc) is 3.53. The molecule has 1 saturated heterocycles. The van der Waals surface area contributed by atoms with E-state index in [1.807, 2.05) is 78.9 Å². The lowest BCUT2D eigenvalue weighted by molar-refractivity contribution is -0.138. The van der Waals surface area contributed by atoms with Gasteiger partial charge in [-0.05, 0) is 72.8 Å². The second-order valence-corrected chi connectivity index (χ2v) is 14.1. The van der Waals surface area contributed by atoms with E-state index in [2.05, 4.69) is 42.1 Å². The summed E-state index contributed by atoms with van der Waals surface area (Å²) >= 11 is 0. The number of hydrazone groups is 1. The number of carbonyl (C=O) groups excluding carboxylic acids is 5. The predicted octanol–water partition coefficient (Wildman–Crippen LogP) is 1.18. The number of unbranched alkanes of at least 4 members (excludes halogenated alkanes) is 1. The summed E-state index contributed by atoms with van der Waals surface area (Å²) in [7, 11) is 0. The van der Waals surface area contributed by atoms with Crippen LogP contribution in [0.15, 0.2) is 89.0 Å². The van der Waals surface area contributed by atoms with E-state index < -0.39 is 47.8 Å². The Morgan fingerprint density at radius 2 is 1.43 bits per heavy atom. The van der Waals surface area contributed by atoms with Gasteiger partial charge in [0.15, 0.2) is 5.96 Å². The number of ether oxygens (including phenoxy) is 1. The van der Waals surface area contributed by atoms with Crippen molar-refractivity contribution in [1.82, 2.24) is 32.0 Å². The van der Waals surface area contributed by atoms with Gasteiger partial charge in [-0.15, -0.1) is 5.10 Å². The van der Waals surface area contributed by atoms with Gasteiger partial charge in [-0.1, -0.05) is 78.9 Å². The van der Waals surface area contributed by atoms with Crippen LogP contribution in [0.5, 0.6) is 0 Å². The van der Waals surface area contributed by atoms with Gasteiger partial charge >= 0.3 is 6.09 Å². The molecule has 58 heavy (non-hydrogen) atoms. The van der Waals surface area contributed by atoms with Crippen molar-refractivity contribution >= 4 is 41.6 Å². The van der Waals surface area contributed by atoms with Gasteiger partial charge in [-0.3, -0.25) is 29.5 Å². The Labute approximate surface area is 337 Å². The molecule has 3 aromatic carbocycles. The Bertz CT molecular complexity index is 1910. The number of nitrogens with zero attached hydrogens (tertiary/aromatic N) is 2. The monoisotopic (exact) mass is 795 g/mol. The van der Waals surface area contributed by atoms with Gasteiger partial charge in [0.2, 0.25) is 29.6 Å². The van der Waals surface area contributed by atoms with Crippen LogP contribution in [0.3, 0.4) is 0 Å². The largest absolute Gasteiger partial charge is 0.449 e. The van der Waals surface area contributed by atoms with Gasteiger partial charge in [0.05, 0.1) is 6.42 Å². The maximum atomic E-state index is 13.2. The molecule has 1 heterocycles. The molecule has 1 aliphatic carbocycles. The number of alkyl carbamates (subject to hydrolysis) is 1. The number of nitrogens with one attached hydrogen (secondary N) is 6. The summed E-state index contributed by atoms with van der Waals surface area (Å²) in [6, 6.07) is 23.2. The smallest absolute Gasteiger partial charge is 0.407 e. The van der Waals surface area contributed by atoms with Crippen molar-refractivity contribution in [2.24, 2.45) is 27.3 Å². The topological polar surface area (TPSA) is 270 Å². The lowest BCUT2D eigenvalue weighted by Crippen LogP contribution is -2.62. The van der Waals surface area contributed by atoms with Gasteiger partial charge in [0, 0.05) is 25.6 Å². The SMILES string of the molecule is NC(N)=NCCCC(NC(=O)OCC1c2ccccc2-c2ccccc21)C(=O)NCCCC[C@@H]1NC(=O)[C@H](CC(=O)N/C(N)=N/NCCCc2ccccc2)NC1=O. The first-order valence-corrected chi connectivity index (χ1v) is 19.5. The minimum atomic E-state index is -1.07. The molecule has 0 aromatic heterocycles. The quantitative estimate of drug-likeness (QED) is 0.0341. The Morgan fingerprint density at radius 3 is 2.14 bits per heavy atom. The molecule has 0 spiro atoms. The molecule has 1 aliphatic heterocycles. The van der Waals surface area contributed by atoms with E-state index >= 15 is 0 Å². The molecule has 2 aliphatic rings. The lowest BCUT2D eigenvalue weighted by atomic mass is 9.98. The molecular weight excluding hydrogens is 743 g/mol. The first kappa shape index (κ1) is 42.5. The minimum absolute atomic E-state index is 0.0704. The highest BCUT2D eigenvalue weighted by molar-refractivity contribution is 6.02. The van der Waals surface area contributed by atoms with Crippen LogP contribution in [0.4, 0.5) is 4.79 Å². The van der Waals surface area contributed by atoms with E-state index in [1.165, 1.54) is 5.56 Å². The fraction of sp³-hybridized carbons (Fsp3) is 0.390. The third-order valence-corrected chi connectivity index (χ3v) is 9.84. The molecule has 1 unspecified atom stereocenters. The van der Waals surface area contributed by atoms with Crippen LogP contribution in [0.2, 0.25) is 0 Å². The number of hydrogen-bond acceptors (Lipinski definition) is 9. The Balaban J connectivity index is 1.00. The van der Waals surface area contributed by atoms with Crippen LogP contribution in [0.25, 0.3) is 11.1 Å². The van der Waals surface area contributed by atoms with Crippen LogP contribution >= 0.6 is 0 Å². The third-order valence-electron chi connectivity index (χ3n) is 9.84. The van der Waals surface area contributed by atoms with E-state index in [0.717, 1.165) is 35.1 Å². The third kappa shape index (κ3) is 12.7. The average molecular weight is 796 g/mol. The summed E-state index contributed by atoms with van der Waals surface area (Å²) in [6.07, 6.45) is 2.59. The number of aryl methyl sites for hydroxylation is 1. The van der Waals surface area contributed by atoms with E-state index in [4.69, 9.17) is 21.9 Å². The van der Waals surface area contributed by atoms with E-state index in [1.54, 1.807) is 0 Å². The van der Waals surface area contributed by atoms with Crippen LogP contribution in [0.1, 0.15) is 67.6 Å². The molecule has 0 radical (unpaired) electrons. The number of aliphatic imine (C=N–C) groups is 1. The number of piperazine rings is 1. The first-order valence-electron chi connectivity index (χ1n) is 19.5. The van der Waals surface area contributed by atoms with E-state index in [9.17, 15) is 24.0 Å². The highest BCUT2D eigenvalue weighted by atomic mass is 16.5. The molecule has 12 N–H and O–H groups in total. The fourth-order valence-electron chi connectivity index (χ4n) is 6.95. The number of hydrogen-bond donors (Lipinski definition) is 9. The summed E-state index contributed by atoms with van der Waals surface area (Å²) in [4.78, 5) is 68.2. The zero-order valence-electron chi connectivity index (χ0n) is 32.4. The van der Waals surface area contributed by atoms with Gasteiger partial charge < -0.3 is 48.6 Å². The van der Waals surface area contributed by atoms with Crippen molar-refractivity contribution in [2.45, 2.75) is 75.4 Å². The van der Waals surface area contributed by atoms with Crippen LogP contribution in [-0.4, -0.2) is 86.0 Å². The van der Waals surface area contributed by atoms with Crippen molar-refractivity contribution in [3.8, 4) is 11.1 Å². The minimum Gasteiger partial charge on any atom is -0.449 e. The Hall–Kier alpha value is -6.65. The molecule has 0 saturated carbocycles. The van der Waals surface area contributed by atoms with Gasteiger partial charge in [-0.2, -0.15) is 0 Å². The maximum Gasteiger partial charge on any atom is 0.407 e. The normalized spacial score (nSPS) is 16.4. The molecular formula is C41H53N11O6. The first-order chi connectivity index (χ1) is 28.1. The molecule has 308 valence electrons. The fourth-order valence-corrected chi connectivity index (χ4v) is 6.95. The number of carbonyl (C=O) groups is 5. The van der Waals surface area contributed by atoms with E-state index in [-0.39, 0.29) is 50.4 Å². The van der Waals surface area contributed by atoms with Crippen molar-refractivity contribution in [1.29, 1.82) is 0 Å².